The molecule has 3 rings (SSSR count). The van der Waals surface area contributed by atoms with E-state index in [4.69, 9.17) is 14.2 Å². The summed E-state index contributed by atoms with van der Waals surface area (Å²) < 4.78 is 17.2. The Hall–Kier alpha value is -2.87. The molecule has 0 N–H and O–H groups in total. The topological polar surface area (TPSA) is 79.7 Å². The maximum atomic E-state index is 13.0. The van der Waals surface area contributed by atoms with Gasteiger partial charge in [-0.15, -0.1) is 11.3 Å². The van der Waals surface area contributed by atoms with Crippen molar-refractivity contribution in [3.63, 3.8) is 0 Å². The Morgan fingerprint density at radius 1 is 1.26 bits per heavy atom. The van der Waals surface area contributed by atoms with Gasteiger partial charge in [-0.2, -0.15) is 0 Å². The zero-order chi connectivity index (χ0) is 19.6. The van der Waals surface area contributed by atoms with Gasteiger partial charge < -0.3 is 14.2 Å². The number of rotatable bonds is 6. The number of aromatic nitrogens is 2. The molecule has 0 atom stereocenters. The fourth-order valence-electron chi connectivity index (χ4n) is 2.85. The van der Waals surface area contributed by atoms with Crippen LogP contribution in [0.3, 0.4) is 0 Å². The van der Waals surface area contributed by atoms with Crippen molar-refractivity contribution in [3.8, 4) is 11.5 Å². The van der Waals surface area contributed by atoms with E-state index in [0.717, 1.165) is 5.56 Å². The molecule has 0 radical (unpaired) electrons. The van der Waals surface area contributed by atoms with Crippen molar-refractivity contribution in [1.29, 1.82) is 0 Å². The number of benzene rings is 1. The summed E-state index contributed by atoms with van der Waals surface area (Å²) in [5.41, 5.74) is 1.17. The molecule has 0 fully saturated rings. The number of carbonyl (C=O) groups excluding carboxylic acids is 1. The normalized spacial score (nSPS) is 10.8. The molecule has 27 heavy (non-hydrogen) atoms. The molecular weight excluding hydrogens is 368 g/mol. The van der Waals surface area contributed by atoms with Crippen LogP contribution in [0.4, 0.5) is 0 Å². The highest BCUT2D eigenvalue weighted by Crippen LogP contribution is 2.28. The maximum absolute atomic E-state index is 13.0. The molecule has 0 spiro atoms. The molecule has 142 valence electrons. The van der Waals surface area contributed by atoms with Gasteiger partial charge in [-0.05, 0) is 37.6 Å². The standard InChI is InChI=1S/C19H20N2O5S/c1-5-26-19(23)16-11(2)15-17(27-16)20-10-21(18(15)22)9-12-8-13(24-3)6-7-14(12)25-4/h6-8,10H,5,9H2,1-4H3. The van der Waals surface area contributed by atoms with Gasteiger partial charge in [-0.3, -0.25) is 9.36 Å². The van der Waals surface area contributed by atoms with Crippen LogP contribution in [0.25, 0.3) is 10.2 Å². The molecule has 8 heteroatoms. The van der Waals surface area contributed by atoms with Crippen LogP contribution in [0, 0.1) is 6.92 Å². The number of nitrogens with zero attached hydrogens (tertiary/aromatic N) is 2. The van der Waals surface area contributed by atoms with E-state index in [1.165, 1.54) is 22.2 Å². The molecule has 0 aliphatic carbocycles. The van der Waals surface area contributed by atoms with Crippen molar-refractivity contribution in [2.24, 2.45) is 0 Å². The largest absolute Gasteiger partial charge is 0.497 e. The highest BCUT2D eigenvalue weighted by atomic mass is 32.1. The Labute approximate surface area is 160 Å². The molecule has 1 aromatic carbocycles. The van der Waals surface area contributed by atoms with Crippen LogP contribution in [0.1, 0.15) is 27.7 Å². The van der Waals surface area contributed by atoms with Crippen LogP contribution in [0.2, 0.25) is 0 Å². The Balaban J connectivity index is 2.07. The number of hydrogen-bond donors (Lipinski definition) is 0. The monoisotopic (exact) mass is 388 g/mol. The molecule has 0 amide bonds. The quantitative estimate of drug-likeness (QED) is 0.604. The minimum Gasteiger partial charge on any atom is -0.497 e. The Kier molecular flexibility index (Phi) is 5.46. The fraction of sp³-hybridized carbons (Fsp3) is 0.316. The molecular formula is C19H20N2O5S. The molecule has 0 unspecified atom stereocenters. The molecule has 0 bridgehead atoms. The number of ether oxygens (including phenoxy) is 3. The van der Waals surface area contributed by atoms with Crippen LogP contribution in [0.5, 0.6) is 11.5 Å². The van der Waals surface area contributed by atoms with E-state index >= 15 is 0 Å². The summed E-state index contributed by atoms with van der Waals surface area (Å²) in [7, 11) is 3.15. The Bertz CT molecular complexity index is 1050. The minimum absolute atomic E-state index is 0.214. The van der Waals surface area contributed by atoms with E-state index in [2.05, 4.69) is 4.98 Å². The van der Waals surface area contributed by atoms with Crippen LogP contribution >= 0.6 is 11.3 Å². The Morgan fingerprint density at radius 3 is 2.70 bits per heavy atom. The summed E-state index contributed by atoms with van der Waals surface area (Å²) in [6.07, 6.45) is 1.48. The van der Waals surface area contributed by atoms with Crippen molar-refractivity contribution in [2.45, 2.75) is 20.4 Å². The van der Waals surface area contributed by atoms with Crippen molar-refractivity contribution >= 4 is 27.5 Å². The lowest BCUT2D eigenvalue weighted by Gasteiger charge is -2.12. The minimum atomic E-state index is -0.432. The summed E-state index contributed by atoms with van der Waals surface area (Å²) in [6, 6.07) is 5.40. The average molecular weight is 388 g/mol. The zero-order valence-electron chi connectivity index (χ0n) is 15.6. The summed E-state index contributed by atoms with van der Waals surface area (Å²) in [5, 5.41) is 0.437. The van der Waals surface area contributed by atoms with Gasteiger partial charge in [0.15, 0.2) is 0 Å². The second kappa shape index (κ2) is 7.79. The fourth-order valence-corrected chi connectivity index (χ4v) is 3.89. The first-order valence-corrected chi connectivity index (χ1v) is 9.18. The molecule has 0 aliphatic rings. The van der Waals surface area contributed by atoms with Gasteiger partial charge in [-0.1, -0.05) is 0 Å². The van der Waals surface area contributed by atoms with Gasteiger partial charge in [0.05, 0.1) is 39.1 Å². The highest BCUT2D eigenvalue weighted by molar-refractivity contribution is 7.20. The average Bonchev–Trinajstić information content (AvgIpc) is 3.01. The SMILES string of the molecule is CCOC(=O)c1sc2ncn(Cc3cc(OC)ccc3OC)c(=O)c2c1C. The number of thiophene rings is 1. The summed E-state index contributed by atoms with van der Waals surface area (Å²) in [5.74, 6) is 0.889. The van der Waals surface area contributed by atoms with Gasteiger partial charge >= 0.3 is 5.97 Å². The third-order valence-electron chi connectivity index (χ3n) is 4.21. The maximum Gasteiger partial charge on any atom is 0.348 e. The first-order chi connectivity index (χ1) is 13.0. The predicted octanol–water partition coefficient (Wildman–Crippen LogP) is 3.01. The van der Waals surface area contributed by atoms with Crippen molar-refractivity contribution in [2.75, 3.05) is 20.8 Å². The van der Waals surface area contributed by atoms with E-state index in [1.807, 2.05) is 6.07 Å². The number of aryl methyl sites for hydroxylation is 1. The summed E-state index contributed by atoms with van der Waals surface area (Å²) >= 11 is 1.17. The third-order valence-corrected chi connectivity index (χ3v) is 5.39. The van der Waals surface area contributed by atoms with Crippen molar-refractivity contribution < 1.29 is 19.0 Å². The van der Waals surface area contributed by atoms with E-state index in [1.54, 1.807) is 40.2 Å². The van der Waals surface area contributed by atoms with Crippen LogP contribution < -0.4 is 15.0 Å². The first kappa shape index (κ1) is 18.9. The van der Waals surface area contributed by atoms with E-state index in [-0.39, 0.29) is 18.7 Å². The van der Waals surface area contributed by atoms with Crippen molar-refractivity contribution in [1.82, 2.24) is 9.55 Å². The van der Waals surface area contributed by atoms with Gasteiger partial charge in [0, 0.05) is 5.56 Å². The second-order valence-electron chi connectivity index (χ2n) is 5.81. The van der Waals surface area contributed by atoms with Crippen LogP contribution in [-0.2, 0) is 11.3 Å². The number of carbonyl (C=O) groups is 1. The summed E-state index contributed by atoms with van der Waals surface area (Å²) in [4.78, 5) is 30.4. The number of methoxy groups -OCH3 is 2. The molecule has 0 saturated carbocycles. The van der Waals surface area contributed by atoms with Gasteiger partial charge in [-0.25, -0.2) is 9.78 Å². The smallest absolute Gasteiger partial charge is 0.348 e. The molecule has 2 heterocycles. The zero-order valence-corrected chi connectivity index (χ0v) is 16.4. The second-order valence-corrected chi connectivity index (χ2v) is 6.81. The number of hydrogen-bond acceptors (Lipinski definition) is 7. The molecule has 2 aromatic heterocycles. The van der Waals surface area contributed by atoms with Gasteiger partial charge in [0.1, 0.15) is 21.2 Å². The molecule has 0 saturated heterocycles. The molecule has 3 aromatic rings. The lowest BCUT2D eigenvalue weighted by atomic mass is 10.1. The van der Waals surface area contributed by atoms with Crippen molar-refractivity contribution in [3.05, 3.63) is 50.9 Å². The van der Waals surface area contributed by atoms with E-state index in [9.17, 15) is 9.59 Å². The Morgan fingerprint density at radius 2 is 2.04 bits per heavy atom. The lowest BCUT2D eigenvalue weighted by molar-refractivity contribution is 0.0531. The molecule has 7 nitrogen and oxygen atoms in total. The lowest BCUT2D eigenvalue weighted by Crippen LogP contribution is -2.21. The van der Waals surface area contributed by atoms with E-state index < -0.39 is 5.97 Å². The predicted molar refractivity (Wildman–Crippen MR) is 103 cm³/mol. The first-order valence-electron chi connectivity index (χ1n) is 8.36. The highest BCUT2D eigenvalue weighted by Gasteiger charge is 2.20. The van der Waals surface area contributed by atoms with Gasteiger partial charge in [0.25, 0.3) is 5.56 Å². The van der Waals surface area contributed by atoms with Gasteiger partial charge in [0.2, 0.25) is 0 Å². The number of fused-ring (bicyclic) bond motifs is 1. The van der Waals surface area contributed by atoms with Crippen LogP contribution in [0.15, 0.2) is 29.3 Å². The van der Waals surface area contributed by atoms with Crippen LogP contribution in [-0.4, -0.2) is 36.3 Å². The third kappa shape index (κ3) is 3.52. The number of esters is 1. The summed E-state index contributed by atoms with van der Waals surface area (Å²) in [6.45, 7) is 4.03. The molecule has 0 aliphatic heterocycles. The van der Waals surface area contributed by atoms with E-state index in [0.29, 0.717) is 32.2 Å².